The Labute approximate surface area is 183 Å². The first kappa shape index (κ1) is 20.9. The van der Waals surface area contributed by atoms with Gasteiger partial charge in [-0.3, -0.25) is 0 Å². The first-order chi connectivity index (χ1) is 15.2. The molecule has 0 spiro atoms. The minimum atomic E-state index is 0.294. The molecule has 5 heteroatoms. The number of ether oxygens (including phenoxy) is 5. The van der Waals surface area contributed by atoms with Gasteiger partial charge in [-0.2, -0.15) is 0 Å². The lowest BCUT2D eigenvalue weighted by Crippen LogP contribution is -2.02. The zero-order valence-corrected chi connectivity index (χ0v) is 18.3. The van der Waals surface area contributed by atoms with Crippen LogP contribution in [0.25, 0.3) is 0 Å². The van der Waals surface area contributed by atoms with E-state index in [1.165, 1.54) is 22.3 Å². The largest absolute Gasteiger partial charge is 0.497 e. The van der Waals surface area contributed by atoms with E-state index in [9.17, 15) is 0 Å². The molecule has 3 aromatic rings. The molecule has 0 N–H and O–H groups in total. The Bertz CT molecular complexity index is 1030. The number of hydrogen-bond donors (Lipinski definition) is 0. The van der Waals surface area contributed by atoms with Gasteiger partial charge in [0.05, 0.1) is 21.3 Å². The predicted molar refractivity (Wildman–Crippen MR) is 120 cm³/mol. The molecule has 0 bridgehead atoms. The van der Waals surface area contributed by atoms with Crippen molar-refractivity contribution in [1.29, 1.82) is 0 Å². The molecule has 0 unspecified atom stereocenters. The van der Waals surface area contributed by atoms with E-state index >= 15 is 0 Å². The van der Waals surface area contributed by atoms with Crippen molar-refractivity contribution in [2.24, 2.45) is 0 Å². The molecule has 0 fully saturated rings. The first-order valence-corrected chi connectivity index (χ1v) is 10.5. The highest BCUT2D eigenvalue weighted by molar-refractivity contribution is 5.48. The van der Waals surface area contributed by atoms with Crippen LogP contribution < -0.4 is 23.7 Å². The van der Waals surface area contributed by atoms with E-state index in [2.05, 4.69) is 30.3 Å². The Hall–Kier alpha value is -3.34. The highest BCUT2D eigenvalue weighted by Gasteiger charge is 2.15. The standard InChI is InChI=1S/C26H28O5/c1-27-22-11-6-18(7-12-22)4-9-20-15-21(25(29-3)16-24(20)28-2)10-5-19-8-13-23-26(14-19)31-17-30-23/h6-8,11-16H,4-5,9-10,17H2,1-3H3. The number of benzene rings is 3. The van der Waals surface area contributed by atoms with Crippen LogP contribution in [0, 0.1) is 0 Å². The third-order valence-electron chi connectivity index (χ3n) is 5.65. The van der Waals surface area contributed by atoms with Crippen molar-refractivity contribution in [2.75, 3.05) is 28.1 Å². The second-order valence-electron chi connectivity index (χ2n) is 7.51. The molecule has 0 aromatic heterocycles. The van der Waals surface area contributed by atoms with Crippen LogP contribution in [-0.2, 0) is 25.7 Å². The molecule has 4 rings (SSSR count). The van der Waals surface area contributed by atoms with Gasteiger partial charge in [-0.15, -0.1) is 0 Å². The highest BCUT2D eigenvalue weighted by atomic mass is 16.7. The minimum Gasteiger partial charge on any atom is -0.497 e. The molecule has 0 atom stereocenters. The number of aryl methyl sites for hydroxylation is 4. The van der Waals surface area contributed by atoms with Gasteiger partial charge in [-0.1, -0.05) is 18.2 Å². The molecule has 0 amide bonds. The van der Waals surface area contributed by atoms with Gasteiger partial charge in [0.1, 0.15) is 17.2 Å². The fourth-order valence-electron chi connectivity index (χ4n) is 3.87. The number of methoxy groups -OCH3 is 3. The van der Waals surface area contributed by atoms with Gasteiger partial charge in [-0.25, -0.2) is 0 Å². The monoisotopic (exact) mass is 420 g/mol. The lowest BCUT2D eigenvalue weighted by Gasteiger charge is -2.15. The SMILES string of the molecule is COc1ccc(CCc2cc(CCc3ccc4c(c3)OCO4)c(OC)cc2OC)cc1. The van der Waals surface area contributed by atoms with Gasteiger partial charge in [0.25, 0.3) is 0 Å². The van der Waals surface area contributed by atoms with Gasteiger partial charge in [0.2, 0.25) is 6.79 Å². The molecule has 31 heavy (non-hydrogen) atoms. The first-order valence-electron chi connectivity index (χ1n) is 10.5. The van der Waals surface area contributed by atoms with Crippen molar-refractivity contribution in [2.45, 2.75) is 25.7 Å². The van der Waals surface area contributed by atoms with Crippen molar-refractivity contribution in [3.05, 3.63) is 76.9 Å². The van der Waals surface area contributed by atoms with E-state index in [-0.39, 0.29) is 0 Å². The molecular formula is C26H28O5. The van der Waals surface area contributed by atoms with Gasteiger partial charge in [0, 0.05) is 6.07 Å². The lowest BCUT2D eigenvalue weighted by molar-refractivity contribution is 0.174. The molecule has 3 aromatic carbocycles. The van der Waals surface area contributed by atoms with Crippen molar-refractivity contribution < 1.29 is 23.7 Å². The van der Waals surface area contributed by atoms with Crippen molar-refractivity contribution in [1.82, 2.24) is 0 Å². The van der Waals surface area contributed by atoms with Crippen LogP contribution in [0.15, 0.2) is 54.6 Å². The Balaban J connectivity index is 1.49. The Morgan fingerprint density at radius 1 is 0.613 bits per heavy atom. The summed E-state index contributed by atoms with van der Waals surface area (Å²) in [7, 11) is 5.09. The summed E-state index contributed by atoms with van der Waals surface area (Å²) in [6, 6.07) is 18.5. The average Bonchev–Trinajstić information content (AvgIpc) is 3.29. The summed E-state index contributed by atoms with van der Waals surface area (Å²) in [5.74, 6) is 4.21. The van der Waals surface area contributed by atoms with E-state index in [4.69, 9.17) is 23.7 Å². The van der Waals surface area contributed by atoms with Crippen molar-refractivity contribution in [3.8, 4) is 28.7 Å². The van der Waals surface area contributed by atoms with Crippen LogP contribution in [0.1, 0.15) is 22.3 Å². The molecule has 162 valence electrons. The van der Waals surface area contributed by atoms with Crippen LogP contribution in [0.5, 0.6) is 28.7 Å². The van der Waals surface area contributed by atoms with Gasteiger partial charge in [-0.05, 0) is 78.3 Å². The fraction of sp³-hybridized carbons (Fsp3) is 0.308. The zero-order valence-electron chi connectivity index (χ0n) is 18.3. The smallest absolute Gasteiger partial charge is 0.231 e. The molecule has 0 radical (unpaired) electrons. The summed E-state index contributed by atoms with van der Waals surface area (Å²) in [4.78, 5) is 0. The second-order valence-corrected chi connectivity index (χ2v) is 7.51. The summed E-state index contributed by atoms with van der Waals surface area (Å²) in [5, 5.41) is 0. The normalized spacial score (nSPS) is 12.0. The van der Waals surface area contributed by atoms with Crippen LogP contribution in [0.4, 0.5) is 0 Å². The van der Waals surface area contributed by atoms with Gasteiger partial charge >= 0.3 is 0 Å². The van der Waals surface area contributed by atoms with Crippen molar-refractivity contribution in [3.63, 3.8) is 0 Å². The van der Waals surface area contributed by atoms with Crippen LogP contribution in [-0.4, -0.2) is 28.1 Å². The van der Waals surface area contributed by atoms with E-state index in [0.717, 1.165) is 54.4 Å². The highest BCUT2D eigenvalue weighted by Crippen LogP contribution is 2.34. The summed E-state index contributed by atoms with van der Waals surface area (Å²) in [6.07, 6.45) is 3.56. The van der Waals surface area contributed by atoms with Gasteiger partial charge < -0.3 is 23.7 Å². The summed E-state index contributed by atoms with van der Waals surface area (Å²) >= 11 is 0. The molecule has 5 nitrogen and oxygen atoms in total. The molecule has 0 saturated carbocycles. The van der Waals surface area contributed by atoms with E-state index in [1.807, 2.05) is 24.3 Å². The molecule has 0 aliphatic carbocycles. The Morgan fingerprint density at radius 3 is 1.87 bits per heavy atom. The maximum atomic E-state index is 5.65. The number of hydrogen-bond acceptors (Lipinski definition) is 5. The molecule has 1 aliphatic heterocycles. The Kier molecular flexibility index (Phi) is 6.51. The predicted octanol–water partition coefficient (Wildman–Crippen LogP) is 5.01. The van der Waals surface area contributed by atoms with Gasteiger partial charge in [0.15, 0.2) is 11.5 Å². The topological polar surface area (TPSA) is 46.2 Å². The second kappa shape index (κ2) is 9.65. The molecule has 0 saturated heterocycles. The number of rotatable bonds is 9. The number of fused-ring (bicyclic) bond motifs is 1. The molecular weight excluding hydrogens is 392 g/mol. The average molecular weight is 421 g/mol. The fourth-order valence-corrected chi connectivity index (χ4v) is 3.87. The van der Waals surface area contributed by atoms with Crippen LogP contribution in [0.3, 0.4) is 0 Å². The Morgan fingerprint density at radius 2 is 1.23 bits per heavy atom. The maximum absolute atomic E-state index is 5.65. The quantitative estimate of drug-likeness (QED) is 0.487. The third-order valence-corrected chi connectivity index (χ3v) is 5.65. The van der Waals surface area contributed by atoms with E-state index < -0.39 is 0 Å². The van der Waals surface area contributed by atoms with E-state index in [1.54, 1.807) is 21.3 Å². The zero-order chi connectivity index (χ0) is 21.6. The summed E-state index contributed by atoms with van der Waals surface area (Å²) in [6.45, 7) is 0.294. The van der Waals surface area contributed by atoms with Crippen LogP contribution >= 0.6 is 0 Å². The lowest BCUT2D eigenvalue weighted by atomic mass is 9.97. The van der Waals surface area contributed by atoms with Crippen LogP contribution in [0.2, 0.25) is 0 Å². The maximum Gasteiger partial charge on any atom is 0.231 e. The summed E-state index contributed by atoms with van der Waals surface area (Å²) in [5.41, 5.74) is 4.83. The molecule has 1 heterocycles. The third kappa shape index (κ3) is 4.88. The summed E-state index contributed by atoms with van der Waals surface area (Å²) < 4.78 is 27.5. The minimum absolute atomic E-state index is 0.294. The molecule has 1 aliphatic rings. The van der Waals surface area contributed by atoms with E-state index in [0.29, 0.717) is 6.79 Å². The van der Waals surface area contributed by atoms with Crippen molar-refractivity contribution >= 4 is 0 Å².